The van der Waals surface area contributed by atoms with Crippen molar-refractivity contribution in [3.63, 3.8) is 0 Å². The Bertz CT molecular complexity index is 533. The standard InChI is InChI=1S/C17H24N2O4/c1-11(2)13-5-4-12(3)8-15(13)23-16(20)10-22-17(21)14-9-18-6-7-19-14/h6-7,9,11-13,15H,4-5,8,10H2,1-3H3/t12-,13-,15-/m1/s1. The molecule has 1 fully saturated rings. The van der Waals surface area contributed by atoms with Crippen LogP contribution in [0.15, 0.2) is 18.6 Å². The largest absolute Gasteiger partial charge is 0.460 e. The van der Waals surface area contributed by atoms with E-state index < -0.39 is 18.5 Å². The van der Waals surface area contributed by atoms with Crippen LogP contribution in [0.5, 0.6) is 0 Å². The van der Waals surface area contributed by atoms with E-state index >= 15 is 0 Å². The predicted octanol–water partition coefficient (Wildman–Crippen LogP) is 2.64. The second kappa shape index (κ2) is 8.04. The average molecular weight is 320 g/mol. The molecule has 0 radical (unpaired) electrons. The van der Waals surface area contributed by atoms with Crippen LogP contribution < -0.4 is 0 Å². The lowest BCUT2D eigenvalue weighted by atomic mass is 9.75. The van der Waals surface area contributed by atoms with Gasteiger partial charge in [-0.15, -0.1) is 0 Å². The molecule has 0 aliphatic heterocycles. The van der Waals surface area contributed by atoms with Gasteiger partial charge in [0.15, 0.2) is 12.3 Å². The number of nitrogens with zero attached hydrogens (tertiary/aromatic N) is 2. The molecule has 6 heteroatoms. The zero-order chi connectivity index (χ0) is 16.8. The van der Waals surface area contributed by atoms with Crippen molar-refractivity contribution in [2.24, 2.45) is 17.8 Å². The lowest BCUT2D eigenvalue weighted by molar-refractivity contribution is -0.159. The summed E-state index contributed by atoms with van der Waals surface area (Å²) in [5, 5.41) is 0. The van der Waals surface area contributed by atoms with Crippen molar-refractivity contribution in [3.05, 3.63) is 24.3 Å². The molecule has 0 N–H and O–H groups in total. The Balaban J connectivity index is 1.84. The normalized spacial score (nSPS) is 24.3. The first-order valence-corrected chi connectivity index (χ1v) is 8.10. The van der Waals surface area contributed by atoms with Gasteiger partial charge in [0.05, 0.1) is 6.20 Å². The molecular formula is C17H24N2O4. The quantitative estimate of drug-likeness (QED) is 0.776. The van der Waals surface area contributed by atoms with Crippen LogP contribution in [0.25, 0.3) is 0 Å². The van der Waals surface area contributed by atoms with E-state index in [1.165, 1.54) is 25.0 Å². The molecule has 0 bridgehead atoms. The van der Waals surface area contributed by atoms with Gasteiger partial charge in [-0.2, -0.15) is 0 Å². The first-order valence-electron chi connectivity index (χ1n) is 8.10. The van der Waals surface area contributed by atoms with Crippen molar-refractivity contribution in [2.75, 3.05) is 6.61 Å². The molecule has 3 atom stereocenters. The summed E-state index contributed by atoms with van der Waals surface area (Å²) in [6, 6.07) is 0. The predicted molar refractivity (Wildman–Crippen MR) is 83.5 cm³/mol. The maximum absolute atomic E-state index is 12.0. The SMILES string of the molecule is CC(C)[C@H]1CC[C@@H](C)C[C@H]1OC(=O)COC(=O)c1cnccn1. The van der Waals surface area contributed by atoms with Gasteiger partial charge < -0.3 is 9.47 Å². The Hall–Kier alpha value is -1.98. The highest BCUT2D eigenvalue weighted by Gasteiger charge is 2.33. The van der Waals surface area contributed by atoms with E-state index in [0.29, 0.717) is 17.8 Å². The Labute approximate surface area is 136 Å². The van der Waals surface area contributed by atoms with Crippen LogP contribution in [0.1, 0.15) is 50.5 Å². The maximum atomic E-state index is 12.0. The molecule has 1 aliphatic rings. The molecule has 6 nitrogen and oxygen atoms in total. The fourth-order valence-corrected chi connectivity index (χ4v) is 3.06. The fourth-order valence-electron chi connectivity index (χ4n) is 3.06. The minimum absolute atomic E-state index is 0.0756. The number of carbonyl (C=O) groups is 2. The van der Waals surface area contributed by atoms with E-state index in [-0.39, 0.29) is 11.8 Å². The first-order chi connectivity index (χ1) is 11.0. The van der Waals surface area contributed by atoms with Gasteiger partial charge in [0.25, 0.3) is 0 Å². The molecule has 0 spiro atoms. The summed E-state index contributed by atoms with van der Waals surface area (Å²) in [6.45, 7) is 6.07. The smallest absolute Gasteiger partial charge is 0.359 e. The molecule has 0 saturated heterocycles. The van der Waals surface area contributed by atoms with E-state index in [4.69, 9.17) is 9.47 Å². The van der Waals surface area contributed by atoms with Gasteiger partial charge in [0, 0.05) is 12.4 Å². The summed E-state index contributed by atoms with van der Waals surface area (Å²) in [7, 11) is 0. The van der Waals surface area contributed by atoms with Crippen LogP contribution >= 0.6 is 0 Å². The minimum atomic E-state index is -0.674. The van der Waals surface area contributed by atoms with Crippen LogP contribution in [0.4, 0.5) is 0 Å². The topological polar surface area (TPSA) is 78.4 Å². The van der Waals surface area contributed by atoms with Crippen LogP contribution in [-0.2, 0) is 14.3 Å². The van der Waals surface area contributed by atoms with Gasteiger partial charge in [0.2, 0.25) is 0 Å². The third-order valence-corrected chi connectivity index (χ3v) is 4.34. The van der Waals surface area contributed by atoms with Gasteiger partial charge in [0.1, 0.15) is 6.10 Å². The van der Waals surface area contributed by atoms with Crippen molar-refractivity contribution >= 4 is 11.9 Å². The lowest BCUT2D eigenvalue weighted by Gasteiger charge is -2.36. The average Bonchev–Trinajstić information content (AvgIpc) is 2.53. The maximum Gasteiger partial charge on any atom is 0.359 e. The summed E-state index contributed by atoms with van der Waals surface area (Å²) >= 11 is 0. The Kier molecular flexibility index (Phi) is 6.07. The van der Waals surface area contributed by atoms with Crippen LogP contribution in [0.2, 0.25) is 0 Å². The molecule has 1 saturated carbocycles. The van der Waals surface area contributed by atoms with Crippen molar-refractivity contribution in [3.8, 4) is 0 Å². The third kappa shape index (κ3) is 5.01. The zero-order valence-corrected chi connectivity index (χ0v) is 13.9. The van der Waals surface area contributed by atoms with Gasteiger partial charge in [-0.1, -0.05) is 27.2 Å². The van der Waals surface area contributed by atoms with E-state index in [0.717, 1.165) is 12.8 Å². The Morgan fingerprint density at radius 3 is 2.74 bits per heavy atom. The highest BCUT2D eigenvalue weighted by molar-refractivity contribution is 5.88. The van der Waals surface area contributed by atoms with Gasteiger partial charge in [-0.05, 0) is 30.6 Å². The monoisotopic (exact) mass is 320 g/mol. The molecule has 0 unspecified atom stereocenters. The van der Waals surface area contributed by atoms with Crippen molar-refractivity contribution in [1.29, 1.82) is 0 Å². The van der Waals surface area contributed by atoms with Crippen molar-refractivity contribution in [2.45, 2.75) is 46.1 Å². The Morgan fingerprint density at radius 1 is 1.30 bits per heavy atom. The van der Waals surface area contributed by atoms with Crippen LogP contribution in [0.3, 0.4) is 0 Å². The summed E-state index contributed by atoms with van der Waals surface area (Å²) < 4.78 is 10.5. The van der Waals surface area contributed by atoms with Crippen LogP contribution in [-0.4, -0.2) is 34.6 Å². The van der Waals surface area contributed by atoms with Crippen LogP contribution in [0, 0.1) is 17.8 Å². The molecular weight excluding hydrogens is 296 g/mol. The molecule has 1 aromatic heterocycles. The highest BCUT2D eigenvalue weighted by Crippen LogP contribution is 2.35. The third-order valence-electron chi connectivity index (χ3n) is 4.34. The Morgan fingerprint density at radius 2 is 2.09 bits per heavy atom. The number of aromatic nitrogens is 2. The molecule has 126 valence electrons. The minimum Gasteiger partial charge on any atom is -0.460 e. The molecule has 1 aliphatic carbocycles. The fraction of sp³-hybridized carbons (Fsp3) is 0.647. The first kappa shape index (κ1) is 17.4. The number of ether oxygens (including phenoxy) is 2. The van der Waals surface area contributed by atoms with Gasteiger partial charge in [-0.25, -0.2) is 14.6 Å². The van der Waals surface area contributed by atoms with Gasteiger partial charge in [-0.3, -0.25) is 4.98 Å². The number of hydrogen-bond donors (Lipinski definition) is 0. The molecule has 23 heavy (non-hydrogen) atoms. The zero-order valence-electron chi connectivity index (χ0n) is 13.9. The number of rotatable bonds is 5. The lowest BCUT2D eigenvalue weighted by Crippen LogP contribution is -2.36. The summed E-state index contributed by atoms with van der Waals surface area (Å²) in [5.74, 6) is 0.192. The molecule has 0 amide bonds. The molecule has 2 rings (SSSR count). The number of carbonyl (C=O) groups excluding carboxylic acids is 2. The second-order valence-electron chi connectivity index (χ2n) is 6.52. The van der Waals surface area contributed by atoms with E-state index in [1.54, 1.807) is 0 Å². The molecule has 1 heterocycles. The summed E-state index contributed by atoms with van der Waals surface area (Å²) in [4.78, 5) is 31.3. The van der Waals surface area contributed by atoms with E-state index in [1.807, 2.05) is 0 Å². The molecule has 0 aromatic carbocycles. The number of hydrogen-bond acceptors (Lipinski definition) is 6. The summed E-state index contributed by atoms with van der Waals surface area (Å²) in [6.07, 6.45) is 7.15. The van der Waals surface area contributed by atoms with E-state index in [2.05, 4.69) is 30.7 Å². The number of esters is 2. The summed E-state index contributed by atoms with van der Waals surface area (Å²) in [5.41, 5.74) is 0.0756. The van der Waals surface area contributed by atoms with Crippen molar-refractivity contribution in [1.82, 2.24) is 9.97 Å². The van der Waals surface area contributed by atoms with Gasteiger partial charge >= 0.3 is 11.9 Å². The van der Waals surface area contributed by atoms with Crippen molar-refractivity contribution < 1.29 is 19.1 Å². The van der Waals surface area contributed by atoms with E-state index in [9.17, 15) is 9.59 Å². The molecule has 1 aromatic rings. The second-order valence-corrected chi connectivity index (χ2v) is 6.52. The highest BCUT2D eigenvalue weighted by atomic mass is 16.6.